The van der Waals surface area contributed by atoms with Crippen LogP contribution in [0.4, 0.5) is 37.8 Å². The van der Waals surface area contributed by atoms with E-state index in [1.165, 1.54) is 0 Å². The van der Waals surface area contributed by atoms with E-state index in [4.69, 9.17) is 4.74 Å². The van der Waals surface area contributed by atoms with Crippen LogP contribution in [0, 0.1) is 0 Å². The highest BCUT2D eigenvalue weighted by Crippen LogP contribution is 2.31. The van der Waals surface area contributed by atoms with Crippen molar-refractivity contribution in [3.63, 3.8) is 0 Å². The van der Waals surface area contributed by atoms with Crippen molar-refractivity contribution in [1.82, 2.24) is 34.9 Å². The molecule has 4 heterocycles. The molecule has 0 aliphatic carbocycles. The van der Waals surface area contributed by atoms with E-state index in [0.29, 0.717) is 30.9 Å². The number of nitrogens with one attached hydrogen (secondary N) is 2. The number of halogens is 6. The molecule has 0 radical (unpaired) electrons. The van der Waals surface area contributed by atoms with Crippen LogP contribution < -0.4 is 15.8 Å². The molecule has 0 amide bonds. The first-order chi connectivity index (χ1) is 16.9. The fourth-order valence-corrected chi connectivity index (χ4v) is 3.50. The second kappa shape index (κ2) is 9.71. The Labute approximate surface area is 198 Å². The van der Waals surface area contributed by atoms with Gasteiger partial charge >= 0.3 is 12.4 Å². The molecule has 17 heteroatoms. The smallest absolute Gasteiger partial charge is 0.378 e. The second-order valence-corrected chi connectivity index (χ2v) is 7.89. The largest absolute Gasteiger partial charge is 0.434 e. The van der Waals surface area contributed by atoms with Gasteiger partial charge in [-0.2, -0.15) is 36.5 Å². The Morgan fingerprint density at radius 2 is 1.89 bits per heavy atom. The summed E-state index contributed by atoms with van der Waals surface area (Å²) in [5, 5.41) is 12.0. The van der Waals surface area contributed by atoms with Crippen molar-refractivity contribution < 1.29 is 31.1 Å². The zero-order chi connectivity index (χ0) is 26.1. The first-order valence-electron chi connectivity index (χ1n) is 10.5. The van der Waals surface area contributed by atoms with Crippen molar-refractivity contribution in [2.45, 2.75) is 45.0 Å². The molecule has 0 saturated heterocycles. The first-order valence-corrected chi connectivity index (χ1v) is 10.5. The molecule has 0 fully saturated rings. The number of hydrogen-bond donors (Lipinski definition) is 2. The predicted octanol–water partition coefficient (Wildman–Crippen LogP) is 2.23. The molecule has 0 unspecified atom stereocenters. The number of aromatic amines is 1. The summed E-state index contributed by atoms with van der Waals surface area (Å²) < 4.78 is 84.7. The quantitative estimate of drug-likeness (QED) is 0.452. The molecule has 3 aromatic heterocycles. The second-order valence-electron chi connectivity index (χ2n) is 7.89. The molecule has 1 aliphatic rings. The van der Waals surface area contributed by atoms with E-state index in [1.54, 1.807) is 21.6 Å². The Morgan fingerprint density at radius 1 is 1.11 bits per heavy atom. The molecule has 4 rings (SSSR count). The number of rotatable bonds is 7. The summed E-state index contributed by atoms with van der Waals surface area (Å²) in [7, 11) is 0. The van der Waals surface area contributed by atoms with Gasteiger partial charge in [0.25, 0.3) is 5.56 Å². The summed E-state index contributed by atoms with van der Waals surface area (Å²) in [5.41, 5.74) is -4.29. The molecule has 2 N–H and O–H groups in total. The standard InChI is InChI=1S/C19H19F6N9O2/c1-10(29-11-4-28-31-17(35)16(11)19(23,24)25)8-36-9-13-30-15-7-33(2-3-34(15)32-13)14-6-26-12(5-27-14)18(20,21)22/h4-6,10H,2-3,7-9H2,1H3,(H2,29,31,35)/t10-/m0/s1. The van der Waals surface area contributed by atoms with Gasteiger partial charge in [-0.1, -0.05) is 0 Å². The maximum atomic E-state index is 13.2. The van der Waals surface area contributed by atoms with E-state index in [1.807, 2.05) is 0 Å². The Bertz CT molecular complexity index is 1260. The van der Waals surface area contributed by atoms with Crippen LogP contribution in [0.2, 0.25) is 0 Å². The number of H-pyrrole nitrogens is 1. The number of aromatic nitrogens is 7. The zero-order valence-corrected chi connectivity index (χ0v) is 18.6. The van der Waals surface area contributed by atoms with Gasteiger partial charge in [0, 0.05) is 12.6 Å². The number of ether oxygens (including phenoxy) is 1. The Kier molecular flexibility index (Phi) is 6.83. The van der Waals surface area contributed by atoms with Gasteiger partial charge in [0.1, 0.15) is 23.8 Å². The van der Waals surface area contributed by atoms with E-state index in [9.17, 15) is 31.1 Å². The normalized spacial score (nSPS) is 15.0. The molecule has 11 nitrogen and oxygen atoms in total. The Balaban J connectivity index is 1.32. The molecule has 36 heavy (non-hydrogen) atoms. The van der Waals surface area contributed by atoms with Gasteiger partial charge in [-0.25, -0.2) is 24.7 Å². The van der Waals surface area contributed by atoms with Crippen LogP contribution >= 0.6 is 0 Å². The van der Waals surface area contributed by atoms with Crippen molar-refractivity contribution in [1.29, 1.82) is 0 Å². The van der Waals surface area contributed by atoms with Gasteiger partial charge in [-0.05, 0) is 6.92 Å². The van der Waals surface area contributed by atoms with Crippen LogP contribution in [-0.2, 0) is 36.8 Å². The topological polar surface area (TPSA) is 127 Å². The zero-order valence-electron chi connectivity index (χ0n) is 18.6. The molecule has 1 atom stereocenters. The SMILES string of the molecule is C[C@@H](COCc1nc2n(n1)CCN(c1cnc(C(F)(F)F)cn1)C2)Nc1cn[nH]c(=O)c1C(F)(F)F. The van der Waals surface area contributed by atoms with Crippen molar-refractivity contribution >= 4 is 11.5 Å². The third-order valence-corrected chi connectivity index (χ3v) is 5.10. The summed E-state index contributed by atoms with van der Waals surface area (Å²) in [6.45, 7) is 2.56. The molecule has 0 saturated carbocycles. The third kappa shape index (κ3) is 5.72. The van der Waals surface area contributed by atoms with Crippen LogP contribution in [-0.4, -0.2) is 54.1 Å². The van der Waals surface area contributed by atoms with Crippen molar-refractivity contribution in [3.05, 3.63) is 51.9 Å². The van der Waals surface area contributed by atoms with E-state index < -0.39 is 40.9 Å². The minimum Gasteiger partial charge on any atom is -0.378 e. The lowest BCUT2D eigenvalue weighted by atomic mass is 10.2. The summed E-state index contributed by atoms with van der Waals surface area (Å²) in [5.74, 6) is 1.13. The molecule has 194 valence electrons. The van der Waals surface area contributed by atoms with Crippen molar-refractivity contribution in [2.75, 3.05) is 23.4 Å². The summed E-state index contributed by atoms with van der Waals surface area (Å²) >= 11 is 0. The van der Waals surface area contributed by atoms with Crippen LogP contribution in [0.3, 0.4) is 0 Å². The Morgan fingerprint density at radius 3 is 2.56 bits per heavy atom. The Hall–Kier alpha value is -3.76. The molecule has 0 spiro atoms. The highest BCUT2D eigenvalue weighted by Gasteiger charge is 2.37. The maximum Gasteiger partial charge on any atom is 0.434 e. The monoisotopic (exact) mass is 519 g/mol. The predicted molar refractivity (Wildman–Crippen MR) is 111 cm³/mol. The molecular weight excluding hydrogens is 500 g/mol. The maximum absolute atomic E-state index is 13.2. The van der Waals surface area contributed by atoms with Gasteiger partial charge in [-0.3, -0.25) is 4.79 Å². The minimum absolute atomic E-state index is 0.0265. The summed E-state index contributed by atoms with van der Waals surface area (Å²) in [6.07, 6.45) is -6.85. The van der Waals surface area contributed by atoms with Gasteiger partial charge in [0.05, 0.1) is 44.0 Å². The van der Waals surface area contributed by atoms with E-state index in [0.717, 1.165) is 12.4 Å². The van der Waals surface area contributed by atoms with Gasteiger partial charge in [-0.15, -0.1) is 0 Å². The first kappa shape index (κ1) is 25.3. The van der Waals surface area contributed by atoms with Crippen molar-refractivity contribution in [2.24, 2.45) is 0 Å². The molecular formula is C19H19F6N9O2. The number of hydrogen-bond acceptors (Lipinski definition) is 9. The lowest BCUT2D eigenvalue weighted by Gasteiger charge is -2.27. The third-order valence-electron chi connectivity index (χ3n) is 5.10. The molecule has 3 aromatic rings. The lowest BCUT2D eigenvalue weighted by Crippen LogP contribution is -2.35. The highest BCUT2D eigenvalue weighted by molar-refractivity contribution is 5.50. The minimum atomic E-state index is -4.86. The molecule has 0 bridgehead atoms. The lowest BCUT2D eigenvalue weighted by molar-refractivity contribution is -0.141. The fraction of sp³-hybridized carbons (Fsp3) is 0.474. The number of nitrogens with zero attached hydrogens (tertiary/aromatic N) is 7. The van der Waals surface area contributed by atoms with Gasteiger partial charge in [0.2, 0.25) is 0 Å². The number of anilines is 2. The number of alkyl halides is 6. The van der Waals surface area contributed by atoms with Crippen LogP contribution in [0.15, 0.2) is 23.4 Å². The highest BCUT2D eigenvalue weighted by atomic mass is 19.4. The van der Waals surface area contributed by atoms with E-state index in [-0.39, 0.29) is 25.6 Å². The van der Waals surface area contributed by atoms with Gasteiger partial charge in [0.15, 0.2) is 11.5 Å². The molecule has 0 aromatic carbocycles. The van der Waals surface area contributed by atoms with E-state index >= 15 is 0 Å². The van der Waals surface area contributed by atoms with Crippen LogP contribution in [0.25, 0.3) is 0 Å². The van der Waals surface area contributed by atoms with Gasteiger partial charge < -0.3 is 15.0 Å². The average Bonchev–Trinajstić information content (AvgIpc) is 3.19. The van der Waals surface area contributed by atoms with E-state index in [2.05, 4.69) is 30.5 Å². The van der Waals surface area contributed by atoms with Crippen LogP contribution in [0.1, 0.15) is 29.8 Å². The fourth-order valence-electron chi connectivity index (χ4n) is 3.50. The average molecular weight is 519 g/mol. The van der Waals surface area contributed by atoms with Crippen LogP contribution in [0.5, 0.6) is 0 Å². The molecule has 1 aliphatic heterocycles. The number of fused-ring (bicyclic) bond motifs is 1. The van der Waals surface area contributed by atoms with Crippen molar-refractivity contribution in [3.8, 4) is 0 Å². The summed E-state index contributed by atoms with van der Waals surface area (Å²) in [6, 6.07) is -0.610. The summed E-state index contributed by atoms with van der Waals surface area (Å²) in [4.78, 5) is 24.9.